The van der Waals surface area contributed by atoms with E-state index in [0.29, 0.717) is 14.2 Å². The van der Waals surface area contributed by atoms with Crippen LogP contribution in [0.1, 0.15) is 0 Å². The molecular formula is C7H2Cl2FNS. The molecule has 1 heterocycles. The van der Waals surface area contributed by atoms with E-state index in [4.69, 9.17) is 23.2 Å². The monoisotopic (exact) mass is 221 g/mol. The Kier molecular flexibility index (Phi) is 1.94. The SMILES string of the molecule is Fc1cc(Cl)cc2sc(Cl)nc12. The molecule has 0 aliphatic rings. The lowest BCUT2D eigenvalue weighted by Gasteiger charge is -1.90. The van der Waals surface area contributed by atoms with Gasteiger partial charge in [-0.15, -0.1) is 11.3 Å². The topological polar surface area (TPSA) is 12.9 Å². The number of aromatic nitrogens is 1. The zero-order valence-corrected chi connectivity index (χ0v) is 7.97. The lowest BCUT2D eigenvalue weighted by molar-refractivity contribution is 0.637. The van der Waals surface area contributed by atoms with Crippen LogP contribution in [-0.4, -0.2) is 4.98 Å². The predicted molar refractivity (Wildman–Crippen MR) is 49.6 cm³/mol. The fourth-order valence-corrected chi connectivity index (χ4v) is 2.28. The molecule has 5 heteroatoms. The highest BCUT2D eigenvalue weighted by molar-refractivity contribution is 7.22. The van der Waals surface area contributed by atoms with Gasteiger partial charge in [0.25, 0.3) is 0 Å². The molecule has 1 aromatic heterocycles. The number of halogens is 3. The van der Waals surface area contributed by atoms with Gasteiger partial charge in [-0.1, -0.05) is 23.2 Å². The standard InChI is InChI=1S/C7H2Cl2FNS/c8-3-1-4(10)6-5(2-3)12-7(9)11-6/h1-2H. The van der Waals surface area contributed by atoms with Crippen LogP contribution in [0.4, 0.5) is 4.39 Å². The Morgan fingerprint density at radius 3 is 2.83 bits per heavy atom. The van der Waals surface area contributed by atoms with Crippen molar-refractivity contribution in [3.8, 4) is 0 Å². The van der Waals surface area contributed by atoms with E-state index in [0.717, 1.165) is 0 Å². The largest absolute Gasteiger partial charge is 0.222 e. The van der Waals surface area contributed by atoms with Crippen LogP contribution in [0.5, 0.6) is 0 Å². The van der Waals surface area contributed by atoms with Gasteiger partial charge in [-0.2, -0.15) is 0 Å². The first-order valence-electron chi connectivity index (χ1n) is 3.08. The van der Waals surface area contributed by atoms with Crippen LogP contribution in [0, 0.1) is 5.82 Å². The molecule has 2 aromatic rings. The molecule has 0 amide bonds. The molecule has 0 radical (unpaired) electrons. The minimum Gasteiger partial charge on any atom is -0.222 e. The van der Waals surface area contributed by atoms with Crippen LogP contribution >= 0.6 is 34.5 Å². The molecule has 2 rings (SSSR count). The van der Waals surface area contributed by atoms with Gasteiger partial charge in [0.1, 0.15) is 5.52 Å². The molecule has 0 aliphatic heterocycles. The van der Waals surface area contributed by atoms with E-state index in [1.54, 1.807) is 6.07 Å². The Bertz CT molecular complexity index is 440. The third-order valence-corrected chi connectivity index (χ3v) is 2.71. The van der Waals surface area contributed by atoms with Gasteiger partial charge in [0.2, 0.25) is 0 Å². The van der Waals surface area contributed by atoms with Gasteiger partial charge in [0.05, 0.1) is 4.70 Å². The van der Waals surface area contributed by atoms with Crippen LogP contribution < -0.4 is 0 Å². The van der Waals surface area contributed by atoms with Crippen LogP contribution in [0.3, 0.4) is 0 Å². The van der Waals surface area contributed by atoms with Crippen molar-refractivity contribution in [2.45, 2.75) is 0 Å². The van der Waals surface area contributed by atoms with Crippen molar-refractivity contribution in [3.05, 3.63) is 27.4 Å². The summed E-state index contributed by atoms with van der Waals surface area (Å²) in [4.78, 5) is 3.80. The number of hydrogen-bond donors (Lipinski definition) is 0. The van der Waals surface area contributed by atoms with Crippen molar-refractivity contribution < 1.29 is 4.39 Å². The van der Waals surface area contributed by atoms with Crippen LogP contribution in [0.25, 0.3) is 10.2 Å². The molecule has 0 fully saturated rings. The summed E-state index contributed by atoms with van der Waals surface area (Å²) in [5.41, 5.74) is 0.286. The van der Waals surface area contributed by atoms with Crippen molar-refractivity contribution in [2.75, 3.05) is 0 Å². The second-order valence-corrected chi connectivity index (χ2v) is 4.25. The minimum absolute atomic E-state index is 0.286. The minimum atomic E-state index is -0.430. The van der Waals surface area contributed by atoms with Crippen molar-refractivity contribution >= 4 is 44.8 Å². The average molecular weight is 222 g/mol. The Hall–Kier alpha value is -0.380. The van der Waals surface area contributed by atoms with Crippen molar-refractivity contribution in [1.82, 2.24) is 4.98 Å². The summed E-state index contributed by atoms with van der Waals surface area (Å²) in [6.07, 6.45) is 0. The van der Waals surface area contributed by atoms with E-state index in [1.807, 2.05) is 0 Å². The quantitative estimate of drug-likeness (QED) is 0.661. The van der Waals surface area contributed by atoms with Gasteiger partial charge >= 0.3 is 0 Å². The number of thiazole rings is 1. The number of benzene rings is 1. The molecule has 0 unspecified atom stereocenters. The maximum Gasteiger partial charge on any atom is 0.184 e. The second-order valence-electron chi connectivity index (χ2n) is 2.20. The highest BCUT2D eigenvalue weighted by Crippen LogP contribution is 2.29. The Morgan fingerprint density at radius 1 is 1.33 bits per heavy atom. The summed E-state index contributed by atoms with van der Waals surface area (Å²) in [6.45, 7) is 0. The van der Waals surface area contributed by atoms with Crippen molar-refractivity contribution in [1.29, 1.82) is 0 Å². The number of nitrogens with zero attached hydrogens (tertiary/aromatic N) is 1. The molecule has 0 spiro atoms. The van der Waals surface area contributed by atoms with E-state index >= 15 is 0 Å². The number of fused-ring (bicyclic) bond motifs is 1. The van der Waals surface area contributed by atoms with Gasteiger partial charge in [-0.05, 0) is 12.1 Å². The van der Waals surface area contributed by atoms with Gasteiger partial charge in [-0.3, -0.25) is 0 Å². The summed E-state index contributed by atoms with van der Waals surface area (Å²) >= 11 is 12.4. The Balaban J connectivity index is 2.88. The van der Waals surface area contributed by atoms with E-state index in [2.05, 4.69) is 4.98 Å². The van der Waals surface area contributed by atoms with E-state index < -0.39 is 5.82 Å². The first-order chi connectivity index (χ1) is 5.66. The molecule has 0 aliphatic carbocycles. The summed E-state index contributed by atoms with van der Waals surface area (Å²) in [6, 6.07) is 2.86. The molecule has 1 nitrogen and oxygen atoms in total. The van der Waals surface area contributed by atoms with Crippen LogP contribution in [0.15, 0.2) is 12.1 Å². The zero-order valence-electron chi connectivity index (χ0n) is 5.64. The summed E-state index contributed by atoms with van der Waals surface area (Å²) in [7, 11) is 0. The molecule has 0 atom stereocenters. The smallest absolute Gasteiger partial charge is 0.184 e. The average Bonchev–Trinajstić information content (AvgIpc) is 2.29. The molecule has 1 aromatic carbocycles. The number of hydrogen-bond acceptors (Lipinski definition) is 2. The van der Waals surface area contributed by atoms with Gasteiger partial charge in [0, 0.05) is 5.02 Å². The summed E-state index contributed by atoms with van der Waals surface area (Å²) in [5.74, 6) is -0.430. The molecule has 0 saturated heterocycles. The third kappa shape index (κ3) is 1.28. The van der Waals surface area contributed by atoms with Crippen LogP contribution in [0.2, 0.25) is 9.49 Å². The lowest BCUT2D eigenvalue weighted by Crippen LogP contribution is -1.76. The van der Waals surface area contributed by atoms with Crippen molar-refractivity contribution in [3.63, 3.8) is 0 Å². The Labute approximate surface area is 81.7 Å². The summed E-state index contributed by atoms with van der Waals surface area (Å²) in [5, 5.41) is 0.361. The van der Waals surface area contributed by atoms with E-state index in [1.165, 1.54) is 17.4 Å². The first-order valence-corrected chi connectivity index (χ1v) is 4.65. The maximum absolute atomic E-state index is 13.1. The normalized spacial score (nSPS) is 10.9. The van der Waals surface area contributed by atoms with Crippen LogP contribution in [-0.2, 0) is 0 Å². The van der Waals surface area contributed by atoms with Gasteiger partial charge in [0.15, 0.2) is 10.3 Å². The first kappa shape index (κ1) is 8.23. The highest BCUT2D eigenvalue weighted by Gasteiger charge is 2.07. The van der Waals surface area contributed by atoms with Crippen molar-refractivity contribution in [2.24, 2.45) is 0 Å². The molecule has 0 saturated carbocycles. The van der Waals surface area contributed by atoms with E-state index in [9.17, 15) is 4.39 Å². The predicted octanol–water partition coefficient (Wildman–Crippen LogP) is 3.74. The van der Waals surface area contributed by atoms with E-state index in [-0.39, 0.29) is 5.52 Å². The maximum atomic E-state index is 13.1. The molecule has 0 N–H and O–H groups in total. The highest BCUT2D eigenvalue weighted by atomic mass is 35.5. The molecule has 62 valence electrons. The number of rotatable bonds is 0. The lowest BCUT2D eigenvalue weighted by atomic mass is 10.3. The van der Waals surface area contributed by atoms with Gasteiger partial charge in [-0.25, -0.2) is 9.37 Å². The zero-order chi connectivity index (χ0) is 8.72. The fraction of sp³-hybridized carbons (Fsp3) is 0. The van der Waals surface area contributed by atoms with Gasteiger partial charge < -0.3 is 0 Å². The molecular weight excluding hydrogens is 220 g/mol. The fourth-order valence-electron chi connectivity index (χ4n) is 0.930. The summed E-state index contributed by atoms with van der Waals surface area (Å²) < 4.78 is 14.1. The Morgan fingerprint density at radius 2 is 2.08 bits per heavy atom. The molecule has 0 bridgehead atoms. The third-order valence-electron chi connectivity index (χ3n) is 1.39. The molecule has 12 heavy (non-hydrogen) atoms. The second kappa shape index (κ2) is 2.83.